The van der Waals surface area contributed by atoms with Gasteiger partial charge in [0.2, 0.25) is 10.0 Å². The molecule has 0 radical (unpaired) electrons. The molecule has 15 heteroatoms. The number of methoxy groups -OCH3 is 1. The SMILES string of the molecule is COc1cc(C(=O)Nc2ccc(-c3ccc(OCC(=O)O)cc3C(F)(F)F)c(COC(C)=O)c2)ccc1S(N)(=O)=O. The van der Waals surface area contributed by atoms with Gasteiger partial charge in [0.15, 0.2) is 6.61 Å². The molecule has 0 fully saturated rings. The van der Waals surface area contributed by atoms with Crippen molar-refractivity contribution in [3.8, 4) is 22.6 Å². The van der Waals surface area contributed by atoms with Crippen molar-refractivity contribution in [3.05, 3.63) is 71.3 Å². The maximum Gasteiger partial charge on any atom is 0.417 e. The number of esters is 1. The Hall–Kier alpha value is -4.63. The number of nitrogens with one attached hydrogen (secondary N) is 1. The Morgan fingerprint density at radius 3 is 2.27 bits per heavy atom. The zero-order chi connectivity index (χ0) is 30.5. The van der Waals surface area contributed by atoms with Gasteiger partial charge in [-0.05, 0) is 59.2 Å². The standard InChI is InChI=1S/C26H23F3N2O9S/c1-14(32)39-12-16-9-17(31-25(35)15-3-8-23(41(30,36)37)22(10-15)38-2)4-6-19(16)20-7-5-18(40-13-24(33)34)11-21(20)26(27,28)29/h3-11H,12-13H2,1-2H3,(H,31,35)(H,33,34)(H2,30,36,37). The normalized spacial score (nSPS) is 11.5. The Morgan fingerprint density at radius 1 is 1.00 bits per heavy atom. The van der Waals surface area contributed by atoms with Crippen LogP contribution in [0.3, 0.4) is 0 Å². The van der Waals surface area contributed by atoms with Crippen LogP contribution in [0.5, 0.6) is 11.5 Å². The smallest absolute Gasteiger partial charge is 0.417 e. The number of nitrogens with two attached hydrogens (primary N) is 1. The molecule has 0 saturated carbocycles. The fraction of sp³-hybridized carbons (Fsp3) is 0.192. The number of benzene rings is 3. The highest BCUT2D eigenvalue weighted by atomic mass is 32.2. The molecule has 0 saturated heterocycles. The van der Waals surface area contributed by atoms with Gasteiger partial charge in [0.1, 0.15) is 23.0 Å². The number of carboxylic acids is 1. The Labute approximate surface area is 231 Å². The molecular weight excluding hydrogens is 573 g/mol. The molecule has 4 N–H and O–H groups in total. The molecule has 0 aliphatic heterocycles. The average Bonchev–Trinajstić information content (AvgIpc) is 2.89. The first-order chi connectivity index (χ1) is 19.1. The first-order valence-electron chi connectivity index (χ1n) is 11.4. The molecule has 0 aliphatic rings. The van der Waals surface area contributed by atoms with Crippen LogP contribution in [0.2, 0.25) is 0 Å². The van der Waals surface area contributed by atoms with Gasteiger partial charge in [-0.3, -0.25) is 9.59 Å². The van der Waals surface area contributed by atoms with E-state index in [9.17, 15) is 36.0 Å². The number of rotatable bonds is 10. The van der Waals surface area contributed by atoms with E-state index in [4.69, 9.17) is 24.5 Å². The molecule has 218 valence electrons. The number of hydrogen-bond donors (Lipinski definition) is 3. The number of carbonyl (C=O) groups is 3. The molecule has 1 amide bonds. The molecule has 0 aromatic heterocycles. The minimum absolute atomic E-state index is 0.0144. The van der Waals surface area contributed by atoms with E-state index in [1.807, 2.05) is 0 Å². The second-order valence-corrected chi connectivity index (χ2v) is 9.93. The predicted octanol–water partition coefficient (Wildman–Crippen LogP) is 3.81. The van der Waals surface area contributed by atoms with Gasteiger partial charge in [-0.1, -0.05) is 12.1 Å². The molecule has 0 spiro atoms. The summed E-state index contributed by atoms with van der Waals surface area (Å²) in [5.74, 6) is -3.30. The summed E-state index contributed by atoms with van der Waals surface area (Å²) in [6, 6.07) is 10.2. The summed E-state index contributed by atoms with van der Waals surface area (Å²) < 4.78 is 80.3. The largest absolute Gasteiger partial charge is 0.495 e. The minimum Gasteiger partial charge on any atom is -0.495 e. The van der Waals surface area contributed by atoms with Crippen molar-refractivity contribution < 1.29 is 55.3 Å². The molecule has 0 heterocycles. The van der Waals surface area contributed by atoms with Gasteiger partial charge in [0.05, 0.1) is 12.7 Å². The van der Waals surface area contributed by atoms with Crippen molar-refractivity contribution in [1.82, 2.24) is 0 Å². The van der Waals surface area contributed by atoms with Gasteiger partial charge >= 0.3 is 18.1 Å². The number of amides is 1. The van der Waals surface area contributed by atoms with Crippen LogP contribution in [0.25, 0.3) is 11.1 Å². The molecule has 41 heavy (non-hydrogen) atoms. The van der Waals surface area contributed by atoms with Crippen molar-refractivity contribution in [2.24, 2.45) is 5.14 Å². The lowest BCUT2D eigenvalue weighted by Gasteiger charge is -2.18. The first-order valence-corrected chi connectivity index (χ1v) is 13.0. The minimum atomic E-state index is -4.87. The lowest BCUT2D eigenvalue weighted by molar-refractivity contribution is -0.142. The summed E-state index contributed by atoms with van der Waals surface area (Å²) in [5, 5.41) is 16.4. The lowest BCUT2D eigenvalue weighted by atomic mass is 9.94. The number of sulfonamides is 1. The zero-order valence-corrected chi connectivity index (χ0v) is 22.3. The van der Waals surface area contributed by atoms with Crippen LogP contribution >= 0.6 is 0 Å². The molecular formula is C26H23F3N2O9S. The zero-order valence-electron chi connectivity index (χ0n) is 21.4. The van der Waals surface area contributed by atoms with Crippen LogP contribution in [0.1, 0.15) is 28.4 Å². The predicted molar refractivity (Wildman–Crippen MR) is 138 cm³/mol. The van der Waals surface area contributed by atoms with Crippen LogP contribution in [-0.4, -0.2) is 45.1 Å². The van der Waals surface area contributed by atoms with Gasteiger partial charge in [-0.25, -0.2) is 18.4 Å². The van der Waals surface area contributed by atoms with Crippen molar-refractivity contribution in [2.75, 3.05) is 19.0 Å². The summed E-state index contributed by atoms with van der Waals surface area (Å²) in [5.41, 5.74) is -1.24. The Balaban J connectivity index is 2.02. The topological polar surface area (TPSA) is 171 Å². The van der Waals surface area contributed by atoms with E-state index in [1.165, 1.54) is 31.4 Å². The second kappa shape index (κ2) is 12.3. The summed E-state index contributed by atoms with van der Waals surface area (Å²) in [6.07, 6.45) is -4.87. The number of halogens is 3. The Kier molecular flexibility index (Phi) is 9.24. The van der Waals surface area contributed by atoms with E-state index in [1.54, 1.807) is 0 Å². The van der Waals surface area contributed by atoms with Crippen LogP contribution in [0.15, 0.2) is 59.5 Å². The van der Waals surface area contributed by atoms with E-state index < -0.39 is 52.8 Å². The molecule has 0 bridgehead atoms. The van der Waals surface area contributed by atoms with Crippen LogP contribution in [0, 0.1) is 0 Å². The van der Waals surface area contributed by atoms with Crippen molar-refractivity contribution in [3.63, 3.8) is 0 Å². The maximum atomic E-state index is 14.0. The third-order valence-corrected chi connectivity index (χ3v) is 6.43. The van der Waals surface area contributed by atoms with Crippen molar-refractivity contribution in [2.45, 2.75) is 24.6 Å². The Morgan fingerprint density at radius 2 is 1.68 bits per heavy atom. The summed E-state index contributed by atoms with van der Waals surface area (Å²) >= 11 is 0. The van der Waals surface area contributed by atoms with E-state index in [0.717, 1.165) is 31.2 Å². The van der Waals surface area contributed by atoms with Gasteiger partial charge in [0.25, 0.3) is 5.91 Å². The van der Waals surface area contributed by atoms with Gasteiger partial charge in [-0.15, -0.1) is 0 Å². The van der Waals surface area contributed by atoms with E-state index in [2.05, 4.69) is 5.32 Å². The monoisotopic (exact) mass is 596 g/mol. The Bertz CT molecular complexity index is 1610. The molecule has 3 aromatic carbocycles. The third-order valence-electron chi connectivity index (χ3n) is 5.48. The molecule has 0 unspecified atom stereocenters. The average molecular weight is 597 g/mol. The number of carboxylic acid groups (broad SMARTS) is 1. The van der Waals surface area contributed by atoms with Crippen LogP contribution in [-0.2, 0) is 37.1 Å². The molecule has 0 aliphatic carbocycles. The number of aliphatic carboxylic acids is 1. The third kappa shape index (κ3) is 7.95. The molecule has 3 aromatic rings. The number of carbonyl (C=O) groups excluding carboxylic acids is 2. The number of primary sulfonamides is 1. The number of hydrogen-bond acceptors (Lipinski definition) is 8. The quantitative estimate of drug-likeness (QED) is 0.294. The summed E-state index contributed by atoms with van der Waals surface area (Å²) in [7, 11) is -2.95. The molecule has 11 nitrogen and oxygen atoms in total. The summed E-state index contributed by atoms with van der Waals surface area (Å²) in [4.78, 5) is 34.7. The maximum absolute atomic E-state index is 14.0. The first kappa shape index (κ1) is 30.9. The fourth-order valence-electron chi connectivity index (χ4n) is 3.71. The molecule has 0 atom stereocenters. The van der Waals surface area contributed by atoms with Crippen molar-refractivity contribution in [1.29, 1.82) is 0 Å². The van der Waals surface area contributed by atoms with Crippen LogP contribution < -0.4 is 19.9 Å². The van der Waals surface area contributed by atoms with Gasteiger partial charge in [-0.2, -0.15) is 13.2 Å². The second-order valence-electron chi connectivity index (χ2n) is 8.40. The molecule has 3 rings (SSSR count). The van der Waals surface area contributed by atoms with Crippen molar-refractivity contribution >= 4 is 33.6 Å². The van der Waals surface area contributed by atoms with E-state index in [-0.39, 0.29) is 44.3 Å². The van der Waals surface area contributed by atoms with Crippen LogP contribution in [0.4, 0.5) is 18.9 Å². The fourth-order valence-corrected chi connectivity index (χ4v) is 4.39. The highest BCUT2D eigenvalue weighted by molar-refractivity contribution is 7.89. The number of alkyl halides is 3. The summed E-state index contributed by atoms with van der Waals surface area (Å²) in [6.45, 7) is -0.182. The van der Waals surface area contributed by atoms with E-state index >= 15 is 0 Å². The number of anilines is 1. The highest BCUT2D eigenvalue weighted by Gasteiger charge is 2.35. The highest BCUT2D eigenvalue weighted by Crippen LogP contribution is 2.41. The number of ether oxygens (including phenoxy) is 3. The van der Waals surface area contributed by atoms with Gasteiger partial charge in [0, 0.05) is 18.2 Å². The van der Waals surface area contributed by atoms with Gasteiger partial charge < -0.3 is 24.6 Å². The lowest BCUT2D eigenvalue weighted by Crippen LogP contribution is -2.16. The van der Waals surface area contributed by atoms with E-state index in [0.29, 0.717) is 6.07 Å².